The van der Waals surface area contributed by atoms with E-state index in [0.29, 0.717) is 11.1 Å². The summed E-state index contributed by atoms with van der Waals surface area (Å²) in [5, 5.41) is 0.126. The molecule has 1 aliphatic carbocycles. The highest BCUT2D eigenvalue weighted by molar-refractivity contribution is 8.03. The van der Waals surface area contributed by atoms with Crippen molar-refractivity contribution in [3.05, 3.63) is 63.3 Å². The summed E-state index contributed by atoms with van der Waals surface area (Å²) < 4.78 is 13.5. The van der Waals surface area contributed by atoms with Crippen LogP contribution >= 0.6 is 23.4 Å². The maximum atomic E-state index is 13.5. The van der Waals surface area contributed by atoms with Crippen LogP contribution in [0.5, 0.6) is 0 Å². The van der Waals surface area contributed by atoms with Gasteiger partial charge in [0.1, 0.15) is 5.83 Å². The molecule has 0 aromatic heterocycles. The molecule has 0 spiro atoms. The van der Waals surface area contributed by atoms with Gasteiger partial charge in [0, 0.05) is 21.8 Å². The molecule has 3 rings (SSSR count). The first-order chi connectivity index (χ1) is 8.65. The Morgan fingerprint density at radius 3 is 2.83 bits per heavy atom. The second kappa shape index (κ2) is 4.41. The van der Waals surface area contributed by atoms with Gasteiger partial charge in [-0.05, 0) is 29.9 Å². The molecule has 90 valence electrons. The minimum atomic E-state index is -0.383. The molecule has 1 heterocycles. The summed E-state index contributed by atoms with van der Waals surface area (Å²) in [5.74, 6) is -0.464. The van der Waals surface area contributed by atoms with E-state index in [1.807, 2.05) is 18.2 Å². The average molecular weight is 279 g/mol. The van der Waals surface area contributed by atoms with Gasteiger partial charge < -0.3 is 0 Å². The maximum Gasteiger partial charge on any atom is 0.187 e. The second-order valence-corrected chi connectivity index (χ2v) is 5.56. The lowest BCUT2D eigenvalue weighted by atomic mass is 10.0. The molecule has 0 amide bonds. The summed E-state index contributed by atoms with van der Waals surface area (Å²) in [6.45, 7) is 0. The van der Waals surface area contributed by atoms with Crippen LogP contribution in [0.1, 0.15) is 16.8 Å². The Hall–Kier alpha value is -1.32. The predicted molar refractivity (Wildman–Crippen MR) is 71.4 cm³/mol. The fourth-order valence-corrected chi connectivity index (χ4v) is 3.30. The summed E-state index contributed by atoms with van der Waals surface area (Å²) in [5.41, 5.74) is 1.35. The maximum absolute atomic E-state index is 13.5. The van der Waals surface area contributed by atoms with Crippen LogP contribution in [0.15, 0.2) is 62.7 Å². The number of carbonyl (C=O) groups excluding carboxylic acids is 1. The molecule has 0 saturated carbocycles. The molecule has 18 heavy (non-hydrogen) atoms. The fourth-order valence-electron chi connectivity index (χ4n) is 1.96. The van der Waals surface area contributed by atoms with Crippen LogP contribution in [-0.2, 0) is 0 Å². The van der Waals surface area contributed by atoms with E-state index in [9.17, 15) is 9.18 Å². The van der Waals surface area contributed by atoms with Crippen molar-refractivity contribution in [1.29, 1.82) is 0 Å². The van der Waals surface area contributed by atoms with E-state index in [4.69, 9.17) is 11.6 Å². The minimum absolute atomic E-state index is 0.0812. The first-order valence-corrected chi connectivity index (χ1v) is 6.62. The number of ketones is 1. The zero-order valence-corrected chi connectivity index (χ0v) is 10.8. The number of hydrogen-bond acceptors (Lipinski definition) is 2. The van der Waals surface area contributed by atoms with Gasteiger partial charge in [-0.2, -0.15) is 0 Å². The molecular formula is C14H8ClFOS. The van der Waals surface area contributed by atoms with Gasteiger partial charge in [-0.25, -0.2) is 4.39 Å². The van der Waals surface area contributed by atoms with E-state index >= 15 is 0 Å². The predicted octanol–water partition coefficient (Wildman–Crippen LogP) is 4.61. The standard InChI is InChI=1S/C14H8ClFOS/c15-10-7-14-8(5-11(10)16)6-12(17)9-3-1-2-4-13(9)18-14/h1-4,6-7H,5H2. The van der Waals surface area contributed by atoms with Crippen molar-refractivity contribution >= 4 is 29.1 Å². The van der Waals surface area contributed by atoms with E-state index in [-0.39, 0.29) is 23.1 Å². The third-order valence-electron chi connectivity index (χ3n) is 2.86. The highest BCUT2D eigenvalue weighted by atomic mass is 35.5. The number of allylic oxidation sites excluding steroid dienone is 5. The zero-order chi connectivity index (χ0) is 12.7. The Morgan fingerprint density at radius 2 is 2.00 bits per heavy atom. The van der Waals surface area contributed by atoms with E-state index in [1.54, 1.807) is 12.1 Å². The number of benzene rings is 1. The first kappa shape index (κ1) is 11.8. The van der Waals surface area contributed by atoms with Gasteiger partial charge in [0.05, 0.1) is 5.03 Å². The van der Waals surface area contributed by atoms with Gasteiger partial charge in [-0.1, -0.05) is 35.5 Å². The number of rotatable bonds is 0. The Kier molecular flexibility index (Phi) is 2.88. The zero-order valence-electron chi connectivity index (χ0n) is 9.24. The van der Waals surface area contributed by atoms with Crippen LogP contribution < -0.4 is 0 Å². The largest absolute Gasteiger partial charge is 0.289 e. The van der Waals surface area contributed by atoms with Crippen LogP contribution in [0.25, 0.3) is 0 Å². The molecule has 0 bridgehead atoms. The Balaban J connectivity index is 2.15. The average Bonchev–Trinajstić information content (AvgIpc) is 2.48. The van der Waals surface area contributed by atoms with Crippen molar-refractivity contribution in [2.45, 2.75) is 11.3 Å². The van der Waals surface area contributed by atoms with Gasteiger partial charge in [-0.3, -0.25) is 4.79 Å². The molecule has 2 aliphatic rings. The van der Waals surface area contributed by atoms with Gasteiger partial charge in [-0.15, -0.1) is 0 Å². The smallest absolute Gasteiger partial charge is 0.187 e. The molecule has 1 nitrogen and oxygen atoms in total. The number of halogens is 2. The van der Waals surface area contributed by atoms with Crippen molar-refractivity contribution in [1.82, 2.24) is 0 Å². The highest BCUT2D eigenvalue weighted by Crippen LogP contribution is 2.43. The van der Waals surface area contributed by atoms with E-state index < -0.39 is 0 Å². The third kappa shape index (κ3) is 1.93. The quantitative estimate of drug-likeness (QED) is 0.689. The summed E-state index contributed by atoms with van der Waals surface area (Å²) in [6, 6.07) is 7.37. The topological polar surface area (TPSA) is 17.1 Å². The molecule has 0 unspecified atom stereocenters. The van der Waals surface area contributed by atoms with Gasteiger partial charge in [0.2, 0.25) is 0 Å². The molecule has 1 aromatic carbocycles. The Bertz CT molecular complexity index is 643. The number of fused-ring (bicyclic) bond motifs is 2. The Morgan fingerprint density at radius 1 is 1.22 bits per heavy atom. The molecule has 1 aliphatic heterocycles. The molecule has 0 fully saturated rings. The molecule has 4 heteroatoms. The number of thioether (sulfide) groups is 1. The van der Waals surface area contributed by atoms with E-state index in [1.165, 1.54) is 17.8 Å². The van der Waals surface area contributed by atoms with Crippen molar-refractivity contribution in [3.63, 3.8) is 0 Å². The van der Waals surface area contributed by atoms with Gasteiger partial charge in [0.25, 0.3) is 0 Å². The van der Waals surface area contributed by atoms with Crippen molar-refractivity contribution in [2.24, 2.45) is 0 Å². The monoisotopic (exact) mass is 278 g/mol. The molecule has 0 radical (unpaired) electrons. The van der Waals surface area contributed by atoms with Crippen LogP contribution in [-0.4, -0.2) is 5.78 Å². The lowest BCUT2D eigenvalue weighted by Gasteiger charge is -2.14. The molecule has 0 saturated heterocycles. The third-order valence-corrected chi connectivity index (χ3v) is 4.35. The van der Waals surface area contributed by atoms with E-state index in [2.05, 4.69) is 0 Å². The SMILES string of the molecule is O=C1C=C2CC(F)=C(Cl)C=C2Sc2ccccc21. The van der Waals surface area contributed by atoms with E-state index in [0.717, 1.165) is 9.80 Å². The summed E-state index contributed by atoms with van der Waals surface area (Å²) >= 11 is 7.26. The van der Waals surface area contributed by atoms with Crippen LogP contribution in [0.2, 0.25) is 0 Å². The summed E-state index contributed by atoms with van der Waals surface area (Å²) in [7, 11) is 0. The summed E-state index contributed by atoms with van der Waals surface area (Å²) in [4.78, 5) is 13.8. The number of hydrogen-bond donors (Lipinski definition) is 0. The molecular weight excluding hydrogens is 271 g/mol. The van der Waals surface area contributed by atoms with Crippen molar-refractivity contribution in [2.75, 3.05) is 0 Å². The number of carbonyl (C=O) groups is 1. The minimum Gasteiger partial charge on any atom is -0.289 e. The van der Waals surface area contributed by atoms with Crippen LogP contribution in [0, 0.1) is 0 Å². The molecule has 0 atom stereocenters. The second-order valence-electron chi connectivity index (χ2n) is 4.07. The fraction of sp³-hybridized carbons (Fsp3) is 0.0714. The van der Waals surface area contributed by atoms with Crippen molar-refractivity contribution in [3.8, 4) is 0 Å². The van der Waals surface area contributed by atoms with Crippen molar-refractivity contribution < 1.29 is 9.18 Å². The van der Waals surface area contributed by atoms with Crippen LogP contribution in [0.4, 0.5) is 4.39 Å². The molecule has 1 aromatic rings. The van der Waals surface area contributed by atoms with Gasteiger partial charge in [0.15, 0.2) is 5.78 Å². The van der Waals surface area contributed by atoms with Gasteiger partial charge >= 0.3 is 0 Å². The Labute approximate surface area is 113 Å². The normalized spacial score (nSPS) is 18.7. The van der Waals surface area contributed by atoms with Crippen LogP contribution in [0.3, 0.4) is 0 Å². The lowest BCUT2D eigenvalue weighted by Crippen LogP contribution is -1.97. The highest BCUT2D eigenvalue weighted by Gasteiger charge is 2.24. The first-order valence-electron chi connectivity index (χ1n) is 5.43. The molecule has 0 N–H and O–H groups in total. The summed E-state index contributed by atoms with van der Waals surface area (Å²) in [6.07, 6.45) is 3.19. The lowest BCUT2D eigenvalue weighted by molar-refractivity contribution is 0.104.